The standard InChI is InChI=1S/C75H132O6/c1-4-7-10-13-16-19-22-25-27-29-31-33-35-36-37-38-40-41-43-45-47-50-53-56-59-62-65-68-74(77)80-71-72(70-79-73(76)67-64-61-58-55-52-49-24-21-18-15-12-9-6-3)81-75(78)69-66-63-60-57-54-51-48-46-44-42-39-34-32-30-28-26-23-20-17-14-11-8-5-2/h8,11,17,20,26,28,32,34,42,44,48,51,57,60,72H,4-7,9-10,12-16,18-19,21-25,27,29-31,33,35-41,43,45-47,49-50,52-56,58-59,61-71H2,1-3H3/b11-8-,20-17-,28-26-,34-32-,44-42-,51-48-,60-57-. The van der Waals surface area contributed by atoms with Crippen molar-refractivity contribution in [3.8, 4) is 0 Å². The molecule has 468 valence electrons. The Morgan fingerprint density at radius 1 is 0.259 bits per heavy atom. The van der Waals surface area contributed by atoms with Crippen LogP contribution in [0.15, 0.2) is 85.1 Å². The SMILES string of the molecule is CC/C=C\C/C=C\C/C=C\C/C=C\C/C=C\C/C=C\C/C=C\CCCC(=O)OC(COC(=O)CCCCCCCCCCCCCCC)COC(=O)CCCCCCCCCCCCCCCCCCCCCCCCCCCCC. The van der Waals surface area contributed by atoms with E-state index < -0.39 is 6.10 Å². The number of carbonyl (C=O) groups is 3. The summed E-state index contributed by atoms with van der Waals surface area (Å²) in [6, 6.07) is 0. The van der Waals surface area contributed by atoms with Crippen molar-refractivity contribution < 1.29 is 28.6 Å². The zero-order valence-corrected chi connectivity index (χ0v) is 53.8. The smallest absolute Gasteiger partial charge is 0.306 e. The van der Waals surface area contributed by atoms with Crippen LogP contribution in [0.4, 0.5) is 0 Å². The molecule has 0 heterocycles. The highest BCUT2D eigenvalue weighted by atomic mass is 16.6. The minimum atomic E-state index is -0.806. The van der Waals surface area contributed by atoms with Crippen LogP contribution < -0.4 is 0 Å². The molecule has 6 heteroatoms. The van der Waals surface area contributed by atoms with Crippen molar-refractivity contribution in [1.29, 1.82) is 0 Å². The van der Waals surface area contributed by atoms with Crippen molar-refractivity contribution in [2.45, 2.75) is 361 Å². The van der Waals surface area contributed by atoms with Crippen molar-refractivity contribution in [2.24, 2.45) is 0 Å². The van der Waals surface area contributed by atoms with Gasteiger partial charge < -0.3 is 14.2 Å². The van der Waals surface area contributed by atoms with Gasteiger partial charge in [-0.15, -0.1) is 0 Å². The average Bonchev–Trinajstić information content (AvgIpc) is 3.46. The van der Waals surface area contributed by atoms with Gasteiger partial charge in [0.05, 0.1) is 0 Å². The van der Waals surface area contributed by atoms with Gasteiger partial charge in [-0.3, -0.25) is 14.4 Å². The molecule has 81 heavy (non-hydrogen) atoms. The molecule has 0 rings (SSSR count). The maximum absolute atomic E-state index is 12.9. The van der Waals surface area contributed by atoms with E-state index in [-0.39, 0.29) is 37.5 Å². The Balaban J connectivity index is 4.33. The predicted octanol–water partition coefficient (Wildman–Crippen LogP) is 24.2. The Morgan fingerprint density at radius 3 is 0.741 bits per heavy atom. The number of allylic oxidation sites excluding steroid dienone is 14. The second-order valence-electron chi connectivity index (χ2n) is 23.4. The van der Waals surface area contributed by atoms with E-state index in [0.29, 0.717) is 19.3 Å². The van der Waals surface area contributed by atoms with Crippen LogP contribution >= 0.6 is 0 Å². The number of hydrogen-bond donors (Lipinski definition) is 0. The monoisotopic (exact) mass is 1130 g/mol. The molecule has 0 aromatic rings. The van der Waals surface area contributed by atoms with E-state index in [2.05, 4.69) is 106 Å². The highest BCUT2D eigenvalue weighted by Gasteiger charge is 2.19. The number of ether oxygens (including phenoxy) is 3. The van der Waals surface area contributed by atoms with Crippen LogP contribution in [0.1, 0.15) is 355 Å². The highest BCUT2D eigenvalue weighted by molar-refractivity contribution is 5.71. The fourth-order valence-corrected chi connectivity index (χ4v) is 10.2. The van der Waals surface area contributed by atoms with Gasteiger partial charge in [0.1, 0.15) is 13.2 Å². The lowest BCUT2D eigenvalue weighted by molar-refractivity contribution is -0.167. The summed E-state index contributed by atoms with van der Waals surface area (Å²) in [5.74, 6) is -0.936. The number of carbonyl (C=O) groups excluding carboxylic acids is 3. The first-order chi connectivity index (χ1) is 40.0. The van der Waals surface area contributed by atoms with Gasteiger partial charge in [-0.2, -0.15) is 0 Å². The van der Waals surface area contributed by atoms with E-state index in [1.807, 2.05) is 0 Å². The summed E-state index contributed by atoms with van der Waals surface area (Å²) in [5.41, 5.74) is 0. The lowest BCUT2D eigenvalue weighted by atomic mass is 10.0. The van der Waals surface area contributed by atoms with Crippen molar-refractivity contribution in [2.75, 3.05) is 13.2 Å². The first kappa shape index (κ1) is 77.6. The van der Waals surface area contributed by atoms with Crippen molar-refractivity contribution in [1.82, 2.24) is 0 Å². The highest BCUT2D eigenvalue weighted by Crippen LogP contribution is 2.18. The van der Waals surface area contributed by atoms with E-state index >= 15 is 0 Å². The molecular weight excluding hydrogens is 997 g/mol. The molecule has 0 aromatic carbocycles. The Bertz CT molecular complexity index is 1530. The Kier molecular flexibility index (Phi) is 66.2. The minimum Gasteiger partial charge on any atom is -0.462 e. The van der Waals surface area contributed by atoms with Crippen LogP contribution in [0.5, 0.6) is 0 Å². The molecule has 0 aromatic heterocycles. The van der Waals surface area contributed by atoms with Gasteiger partial charge in [0.25, 0.3) is 0 Å². The molecule has 0 amide bonds. The maximum Gasteiger partial charge on any atom is 0.306 e. The fourth-order valence-electron chi connectivity index (χ4n) is 10.2. The minimum absolute atomic E-state index is 0.0953. The Labute approximate surface area is 503 Å². The van der Waals surface area contributed by atoms with Gasteiger partial charge in [0.2, 0.25) is 0 Å². The second-order valence-corrected chi connectivity index (χ2v) is 23.4. The quantitative estimate of drug-likeness (QED) is 0.0261. The molecule has 1 atom stereocenters. The number of unbranched alkanes of at least 4 members (excludes halogenated alkanes) is 39. The van der Waals surface area contributed by atoms with Gasteiger partial charge in [-0.1, -0.05) is 350 Å². The number of rotatable bonds is 64. The third-order valence-electron chi connectivity index (χ3n) is 15.4. The van der Waals surface area contributed by atoms with E-state index in [1.165, 1.54) is 218 Å². The van der Waals surface area contributed by atoms with Crippen LogP contribution in [0.3, 0.4) is 0 Å². The van der Waals surface area contributed by atoms with Crippen LogP contribution in [-0.2, 0) is 28.6 Å². The zero-order valence-electron chi connectivity index (χ0n) is 53.8. The molecular formula is C75H132O6. The molecule has 0 saturated heterocycles. The van der Waals surface area contributed by atoms with E-state index in [9.17, 15) is 14.4 Å². The third kappa shape index (κ3) is 67.3. The lowest BCUT2D eigenvalue weighted by Gasteiger charge is -2.18. The topological polar surface area (TPSA) is 78.9 Å². The fraction of sp³-hybridized carbons (Fsp3) is 0.773. The summed E-state index contributed by atoms with van der Waals surface area (Å²) in [5, 5.41) is 0. The summed E-state index contributed by atoms with van der Waals surface area (Å²) in [6.07, 6.45) is 91.9. The van der Waals surface area contributed by atoms with Gasteiger partial charge in [-0.25, -0.2) is 0 Å². The van der Waals surface area contributed by atoms with Gasteiger partial charge >= 0.3 is 17.9 Å². The molecule has 6 nitrogen and oxygen atoms in total. The Morgan fingerprint density at radius 2 is 0.481 bits per heavy atom. The summed E-state index contributed by atoms with van der Waals surface area (Å²) < 4.78 is 16.9. The predicted molar refractivity (Wildman–Crippen MR) is 353 cm³/mol. The first-order valence-corrected chi connectivity index (χ1v) is 35.1. The molecule has 0 aliphatic carbocycles. The second kappa shape index (κ2) is 69.1. The summed E-state index contributed by atoms with van der Waals surface area (Å²) >= 11 is 0. The lowest BCUT2D eigenvalue weighted by Crippen LogP contribution is -2.30. The summed E-state index contributed by atoms with van der Waals surface area (Å²) in [4.78, 5) is 38.4. The van der Waals surface area contributed by atoms with E-state index in [0.717, 1.165) is 89.9 Å². The third-order valence-corrected chi connectivity index (χ3v) is 15.4. The zero-order chi connectivity index (χ0) is 58.5. The molecule has 0 aliphatic rings. The average molecular weight is 1130 g/mol. The Hall–Kier alpha value is -3.41. The molecule has 0 fully saturated rings. The maximum atomic E-state index is 12.9. The molecule has 0 saturated carbocycles. The molecule has 0 aliphatic heterocycles. The molecule has 0 radical (unpaired) electrons. The summed E-state index contributed by atoms with van der Waals surface area (Å²) in [6.45, 7) is 6.53. The van der Waals surface area contributed by atoms with Crippen LogP contribution in [0, 0.1) is 0 Å². The van der Waals surface area contributed by atoms with Crippen LogP contribution in [0.25, 0.3) is 0 Å². The molecule has 1 unspecified atom stereocenters. The van der Waals surface area contributed by atoms with Crippen molar-refractivity contribution in [3.63, 3.8) is 0 Å². The van der Waals surface area contributed by atoms with Crippen LogP contribution in [-0.4, -0.2) is 37.2 Å². The van der Waals surface area contributed by atoms with Gasteiger partial charge in [0, 0.05) is 19.3 Å². The van der Waals surface area contributed by atoms with Crippen molar-refractivity contribution >= 4 is 17.9 Å². The first-order valence-electron chi connectivity index (χ1n) is 35.1. The van der Waals surface area contributed by atoms with Gasteiger partial charge in [0.15, 0.2) is 6.10 Å². The largest absolute Gasteiger partial charge is 0.462 e. The molecule has 0 bridgehead atoms. The van der Waals surface area contributed by atoms with E-state index in [1.54, 1.807) is 0 Å². The van der Waals surface area contributed by atoms with Crippen LogP contribution in [0.2, 0.25) is 0 Å². The number of esters is 3. The van der Waals surface area contributed by atoms with Gasteiger partial charge in [-0.05, 0) is 70.6 Å². The van der Waals surface area contributed by atoms with E-state index in [4.69, 9.17) is 14.2 Å². The summed E-state index contributed by atoms with van der Waals surface area (Å²) in [7, 11) is 0. The number of hydrogen-bond acceptors (Lipinski definition) is 6. The molecule has 0 N–H and O–H groups in total. The van der Waals surface area contributed by atoms with Crippen molar-refractivity contribution in [3.05, 3.63) is 85.1 Å². The normalized spacial score (nSPS) is 12.6. The molecule has 0 spiro atoms.